The number of nitrogens with two attached hydrogens (primary N) is 1. The van der Waals surface area contributed by atoms with Crippen LogP contribution in [0.2, 0.25) is 0 Å². The maximum absolute atomic E-state index is 13.3. The summed E-state index contributed by atoms with van der Waals surface area (Å²) in [6, 6.07) is 3.19. The zero-order chi connectivity index (χ0) is 15.7. The van der Waals surface area contributed by atoms with Crippen LogP contribution in [-0.2, 0) is 10.0 Å². The van der Waals surface area contributed by atoms with Gasteiger partial charge in [0.25, 0.3) is 0 Å². The van der Waals surface area contributed by atoms with Crippen molar-refractivity contribution in [3.05, 3.63) is 24.0 Å². The van der Waals surface area contributed by atoms with E-state index >= 15 is 0 Å². The normalized spacial score (nSPS) is 26.7. The SMILES string of the molecule is CC1CCC(CO)(NS(=O)(=O)c2cc(N)cc(F)c2)CC1. The van der Waals surface area contributed by atoms with Crippen LogP contribution in [0.3, 0.4) is 0 Å². The second-order valence-corrected chi connectivity index (χ2v) is 7.63. The monoisotopic (exact) mass is 316 g/mol. The van der Waals surface area contributed by atoms with Gasteiger partial charge in [0.1, 0.15) is 5.82 Å². The summed E-state index contributed by atoms with van der Waals surface area (Å²) >= 11 is 0. The van der Waals surface area contributed by atoms with Gasteiger partial charge in [0.05, 0.1) is 17.0 Å². The van der Waals surface area contributed by atoms with E-state index in [1.165, 1.54) is 6.07 Å². The molecular weight excluding hydrogens is 295 g/mol. The minimum Gasteiger partial charge on any atom is -0.399 e. The molecule has 0 saturated heterocycles. The van der Waals surface area contributed by atoms with Crippen LogP contribution in [0.25, 0.3) is 0 Å². The summed E-state index contributed by atoms with van der Waals surface area (Å²) in [5.74, 6) is -0.190. The molecule has 0 amide bonds. The molecule has 1 saturated carbocycles. The molecule has 1 aliphatic rings. The largest absolute Gasteiger partial charge is 0.399 e. The number of sulfonamides is 1. The van der Waals surface area contributed by atoms with Gasteiger partial charge in [-0.25, -0.2) is 17.5 Å². The lowest BCUT2D eigenvalue weighted by molar-refractivity contribution is 0.125. The summed E-state index contributed by atoms with van der Waals surface area (Å²) in [6.07, 6.45) is 2.81. The Bertz CT molecular complexity index is 590. The quantitative estimate of drug-likeness (QED) is 0.736. The highest BCUT2D eigenvalue weighted by Crippen LogP contribution is 2.33. The molecule has 0 aliphatic heterocycles. The molecule has 0 unspecified atom stereocenters. The minimum absolute atomic E-state index is 0.0469. The third kappa shape index (κ3) is 3.72. The molecule has 0 heterocycles. The molecule has 1 aromatic rings. The molecule has 0 radical (unpaired) electrons. The maximum atomic E-state index is 13.3. The molecule has 0 bridgehead atoms. The van der Waals surface area contributed by atoms with Crippen molar-refractivity contribution >= 4 is 15.7 Å². The van der Waals surface area contributed by atoms with E-state index in [9.17, 15) is 17.9 Å². The number of hydrogen-bond acceptors (Lipinski definition) is 4. The standard InChI is InChI=1S/C14H21FN2O3S/c1-10-2-4-14(9-18,5-3-10)17-21(19,20)13-7-11(15)6-12(16)8-13/h6-8,10,17-18H,2-5,9,16H2,1H3. The number of nitrogen functional groups attached to an aromatic ring is 1. The van der Waals surface area contributed by atoms with E-state index in [0.717, 1.165) is 25.0 Å². The fraction of sp³-hybridized carbons (Fsp3) is 0.571. The Morgan fingerprint density at radius 2 is 2.00 bits per heavy atom. The number of nitrogens with one attached hydrogen (secondary N) is 1. The van der Waals surface area contributed by atoms with Gasteiger partial charge < -0.3 is 10.8 Å². The lowest BCUT2D eigenvalue weighted by Crippen LogP contribution is -2.53. The molecule has 1 fully saturated rings. The van der Waals surface area contributed by atoms with Crippen LogP contribution in [0.5, 0.6) is 0 Å². The highest BCUT2D eigenvalue weighted by Gasteiger charge is 2.37. The van der Waals surface area contributed by atoms with E-state index in [-0.39, 0.29) is 17.2 Å². The first-order valence-corrected chi connectivity index (χ1v) is 8.46. The fourth-order valence-corrected chi connectivity index (χ4v) is 4.21. The Kier molecular flexibility index (Phi) is 4.55. The first kappa shape index (κ1) is 16.2. The Morgan fingerprint density at radius 3 is 2.52 bits per heavy atom. The van der Waals surface area contributed by atoms with Crippen molar-refractivity contribution in [2.24, 2.45) is 5.92 Å². The highest BCUT2D eigenvalue weighted by atomic mass is 32.2. The molecule has 5 nitrogen and oxygen atoms in total. The number of halogens is 1. The summed E-state index contributed by atoms with van der Waals surface area (Å²) < 4.78 is 40.7. The summed E-state index contributed by atoms with van der Waals surface area (Å²) in [4.78, 5) is -0.216. The zero-order valence-corrected chi connectivity index (χ0v) is 12.8. The Morgan fingerprint density at radius 1 is 1.38 bits per heavy atom. The van der Waals surface area contributed by atoms with E-state index in [1.54, 1.807) is 0 Å². The number of anilines is 1. The fourth-order valence-electron chi connectivity index (χ4n) is 2.69. The van der Waals surface area contributed by atoms with Gasteiger partial charge in [-0.2, -0.15) is 0 Å². The van der Waals surface area contributed by atoms with Crippen molar-refractivity contribution in [1.82, 2.24) is 4.72 Å². The molecule has 0 aromatic heterocycles. The molecule has 1 aliphatic carbocycles. The van der Waals surface area contributed by atoms with Gasteiger partial charge in [-0.3, -0.25) is 0 Å². The molecule has 0 atom stereocenters. The summed E-state index contributed by atoms with van der Waals surface area (Å²) in [5, 5.41) is 9.62. The highest BCUT2D eigenvalue weighted by molar-refractivity contribution is 7.89. The van der Waals surface area contributed by atoms with Gasteiger partial charge >= 0.3 is 0 Å². The second kappa shape index (κ2) is 5.90. The molecule has 7 heteroatoms. The van der Waals surface area contributed by atoms with Crippen molar-refractivity contribution in [2.75, 3.05) is 12.3 Å². The summed E-state index contributed by atoms with van der Waals surface area (Å²) in [7, 11) is -3.92. The molecular formula is C14H21FN2O3S. The van der Waals surface area contributed by atoms with Crippen LogP contribution in [-0.4, -0.2) is 25.7 Å². The predicted octanol–water partition coefficient (Wildman–Crippen LogP) is 1.63. The second-order valence-electron chi connectivity index (χ2n) is 5.95. The van der Waals surface area contributed by atoms with E-state index < -0.39 is 21.4 Å². The van der Waals surface area contributed by atoms with Gasteiger partial charge in [-0.1, -0.05) is 6.92 Å². The maximum Gasteiger partial charge on any atom is 0.241 e. The molecule has 4 N–H and O–H groups in total. The van der Waals surface area contributed by atoms with Gasteiger partial charge in [0, 0.05) is 5.69 Å². The first-order valence-electron chi connectivity index (χ1n) is 6.97. The Labute approximate surface area is 124 Å². The van der Waals surface area contributed by atoms with Crippen molar-refractivity contribution in [3.63, 3.8) is 0 Å². The zero-order valence-electron chi connectivity index (χ0n) is 12.0. The number of benzene rings is 1. The van der Waals surface area contributed by atoms with Crippen molar-refractivity contribution in [1.29, 1.82) is 0 Å². The third-order valence-corrected chi connectivity index (χ3v) is 5.65. The van der Waals surface area contributed by atoms with Crippen LogP contribution < -0.4 is 10.5 Å². The van der Waals surface area contributed by atoms with Gasteiger partial charge in [-0.15, -0.1) is 0 Å². The van der Waals surface area contributed by atoms with Gasteiger partial charge in [-0.05, 0) is 49.8 Å². The lowest BCUT2D eigenvalue weighted by atomic mass is 9.78. The van der Waals surface area contributed by atoms with Crippen LogP contribution in [0.1, 0.15) is 32.6 Å². The van der Waals surface area contributed by atoms with E-state index in [2.05, 4.69) is 11.6 Å². The topological polar surface area (TPSA) is 92.4 Å². The van der Waals surface area contributed by atoms with Crippen molar-refractivity contribution < 1.29 is 17.9 Å². The van der Waals surface area contributed by atoms with Crippen LogP contribution in [0, 0.1) is 11.7 Å². The lowest BCUT2D eigenvalue weighted by Gasteiger charge is -2.38. The average Bonchev–Trinajstić information content (AvgIpc) is 2.40. The summed E-state index contributed by atoms with van der Waals surface area (Å²) in [5.41, 5.74) is 4.67. The summed E-state index contributed by atoms with van der Waals surface area (Å²) in [6.45, 7) is 1.83. The van der Waals surface area contributed by atoms with Crippen LogP contribution >= 0.6 is 0 Å². The number of aliphatic hydroxyl groups is 1. The van der Waals surface area contributed by atoms with Crippen LogP contribution in [0.4, 0.5) is 10.1 Å². The molecule has 21 heavy (non-hydrogen) atoms. The number of aliphatic hydroxyl groups excluding tert-OH is 1. The minimum atomic E-state index is -3.92. The van der Waals surface area contributed by atoms with Crippen LogP contribution in [0.15, 0.2) is 23.1 Å². The Balaban J connectivity index is 2.27. The number of hydrogen-bond donors (Lipinski definition) is 3. The smallest absolute Gasteiger partial charge is 0.241 e. The Hall–Kier alpha value is -1.18. The average molecular weight is 316 g/mol. The van der Waals surface area contributed by atoms with Gasteiger partial charge in [0.2, 0.25) is 10.0 Å². The number of rotatable bonds is 4. The molecule has 2 rings (SSSR count). The molecule has 118 valence electrons. The van der Waals surface area contributed by atoms with Crippen molar-refractivity contribution in [2.45, 2.75) is 43.0 Å². The predicted molar refractivity (Wildman–Crippen MR) is 78.6 cm³/mol. The molecule has 0 spiro atoms. The first-order chi connectivity index (χ1) is 9.76. The van der Waals surface area contributed by atoms with E-state index in [4.69, 9.17) is 5.73 Å². The van der Waals surface area contributed by atoms with Crippen molar-refractivity contribution in [3.8, 4) is 0 Å². The third-order valence-electron chi connectivity index (χ3n) is 4.09. The molecule has 1 aromatic carbocycles. The van der Waals surface area contributed by atoms with E-state index in [1.807, 2.05) is 0 Å². The van der Waals surface area contributed by atoms with Gasteiger partial charge in [0.15, 0.2) is 0 Å². The van der Waals surface area contributed by atoms with E-state index in [0.29, 0.717) is 18.8 Å².